The number of nitrogens with zero attached hydrogens (tertiary/aromatic N) is 1. The molecule has 2 aromatic rings. The van der Waals surface area contributed by atoms with E-state index in [0.29, 0.717) is 6.54 Å². The molecule has 1 atom stereocenters. The SMILES string of the molecule is Cc1ccc(C(C)NCc2cc(Br)cc([N+](=O)[O-])c2)s1. The second-order valence-electron chi connectivity index (χ2n) is 4.63. The summed E-state index contributed by atoms with van der Waals surface area (Å²) >= 11 is 5.07. The van der Waals surface area contributed by atoms with Crippen molar-refractivity contribution in [3.8, 4) is 0 Å². The summed E-state index contributed by atoms with van der Waals surface area (Å²) in [4.78, 5) is 13.0. The number of benzene rings is 1. The van der Waals surface area contributed by atoms with Crippen molar-refractivity contribution in [2.75, 3.05) is 0 Å². The van der Waals surface area contributed by atoms with Gasteiger partial charge in [0.05, 0.1) is 4.92 Å². The Labute approximate surface area is 130 Å². The average molecular weight is 355 g/mol. The Hall–Kier alpha value is -1.24. The fraction of sp³-hybridized carbons (Fsp3) is 0.286. The van der Waals surface area contributed by atoms with E-state index in [4.69, 9.17) is 0 Å². The molecule has 2 rings (SSSR count). The number of halogens is 1. The number of rotatable bonds is 5. The summed E-state index contributed by atoms with van der Waals surface area (Å²) in [6.45, 7) is 4.77. The molecule has 1 aromatic carbocycles. The van der Waals surface area contributed by atoms with Crippen LogP contribution in [-0.2, 0) is 6.54 Å². The van der Waals surface area contributed by atoms with Gasteiger partial charge in [0.2, 0.25) is 0 Å². The van der Waals surface area contributed by atoms with E-state index < -0.39 is 0 Å². The van der Waals surface area contributed by atoms with E-state index in [-0.39, 0.29) is 16.7 Å². The number of nitrogens with one attached hydrogen (secondary N) is 1. The first kappa shape index (κ1) is 15.2. The summed E-state index contributed by atoms with van der Waals surface area (Å²) in [6, 6.07) is 9.45. The topological polar surface area (TPSA) is 55.2 Å². The standard InChI is InChI=1S/C14H15BrN2O2S/c1-9-3-4-14(20-9)10(2)16-8-11-5-12(15)7-13(6-11)17(18)19/h3-7,10,16H,8H2,1-2H3. The molecule has 0 saturated heterocycles. The molecule has 106 valence electrons. The zero-order valence-corrected chi connectivity index (χ0v) is 13.6. The highest BCUT2D eigenvalue weighted by Gasteiger charge is 2.11. The molecule has 1 aromatic heterocycles. The zero-order chi connectivity index (χ0) is 14.7. The van der Waals surface area contributed by atoms with E-state index in [0.717, 1.165) is 10.0 Å². The summed E-state index contributed by atoms with van der Waals surface area (Å²) in [5.41, 5.74) is 1.00. The van der Waals surface area contributed by atoms with Gasteiger partial charge in [-0.2, -0.15) is 0 Å². The number of aryl methyl sites for hydroxylation is 1. The third kappa shape index (κ3) is 3.88. The highest BCUT2D eigenvalue weighted by Crippen LogP contribution is 2.24. The largest absolute Gasteiger partial charge is 0.305 e. The van der Waals surface area contributed by atoms with Gasteiger partial charge in [-0.3, -0.25) is 10.1 Å². The van der Waals surface area contributed by atoms with Crippen molar-refractivity contribution in [2.45, 2.75) is 26.4 Å². The van der Waals surface area contributed by atoms with Crippen molar-refractivity contribution in [1.29, 1.82) is 0 Å². The molecule has 0 aliphatic carbocycles. The van der Waals surface area contributed by atoms with Gasteiger partial charge in [-0.25, -0.2) is 0 Å². The average Bonchev–Trinajstić information content (AvgIpc) is 2.82. The molecule has 0 aliphatic heterocycles. The van der Waals surface area contributed by atoms with Crippen LogP contribution in [0.1, 0.15) is 28.3 Å². The quantitative estimate of drug-likeness (QED) is 0.631. The number of nitro groups is 1. The van der Waals surface area contributed by atoms with Crippen molar-refractivity contribution in [3.63, 3.8) is 0 Å². The summed E-state index contributed by atoms with van der Waals surface area (Å²) in [5.74, 6) is 0. The molecule has 1 N–H and O–H groups in total. The lowest BCUT2D eigenvalue weighted by Gasteiger charge is -2.12. The predicted molar refractivity (Wildman–Crippen MR) is 85.1 cm³/mol. The van der Waals surface area contributed by atoms with Crippen LogP contribution in [0.5, 0.6) is 0 Å². The van der Waals surface area contributed by atoms with Gasteiger partial charge in [-0.1, -0.05) is 15.9 Å². The lowest BCUT2D eigenvalue weighted by atomic mass is 10.2. The Kier molecular flexibility index (Phi) is 4.91. The van der Waals surface area contributed by atoms with Crippen LogP contribution >= 0.6 is 27.3 Å². The summed E-state index contributed by atoms with van der Waals surface area (Å²) in [6.07, 6.45) is 0. The van der Waals surface area contributed by atoms with E-state index >= 15 is 0 Å². The molecular weight excluding hydrogens is 340 g/mol. The normalized spacial score (nSPS) is 12.3. The maximum Gasteiger partial charge on any atom is 0.270 e. The molecule has 4 nitrogen and oxygen atoms in total. The van der Waals surface area contributed by atoms with E-state index in [1.165, 1.54) is 15.8 Å². The Morgan fingerprint density at radius 3 is 2.75 bits per heavy atom. The first-order valence-corrected chi connectivity index (χ1v) is 7.80. The molecule has 0 saturated carbocycles. The van der Waals surface area contributed by atoms with Crippen molar-refractivity contribution in [2.24, 2.45) is 0 Å². The Morgan fingerprint density at radius 1 is 1.40 bits per heavy atom. The molecule has 0 bridgehead atoms. The van der Waals surface area contributed by atoms with E-state index in [1.54, 1.807) is 17.4 Å². The zero-order valence-electron chi connectivity index (χ0n) is 11.2. The highest BCUT2D eigenvalue weighted by atomic mass is 79.9. The van der Waals surface area contributed by atoms with Gasteiger partial charge >= 0.3 is 0 Å². The van der Waals surface area contributed by atoms with E-state index in [2.05, 4.69) is 47.2 Å². The van der Waals surface area contributed by atoms with Gasteiger partial charge in [-0.15, -0.1) is 11.3 Å². The molecule has 20 heavy (non-hydrogen) atoms. The Morgan fingerprint density at radius 2 is 2.15 bits per heavy atom. The van der Waals surface area contributed by atoms with Gasteiger partial charge in [0.25, 0.3) is 5.69 Å². The number of thiophene rings is 1. The van der Waals surface area contributed by atoms with Gasteiger partial charge in [0.15, 0.2) is 0 Å². The minimum Gasteiger partial charge on any atom is -0.305 e. The van der Waals surface area contributed by atoms with Crippen molar-refractivity contribution in [1.82, 2.24) is 5.32 Å². The number of non-ortho nitro benzene ring substituents is 1. The number of nitro benzene ring substituents is 1. The second kappa shape index (κ2) is 6.47. The maximum absolute atomic E-state index is 10.8. The third-order valence-corrected chi connectivity index (χ3v) is 4.59. The highest BCUT2D eigenvalue weighted by molar-refractivity contribution is 9.10. The van der Waals surface area contributed by atoms with Gasteiger partial charge in [-0.05, 0) is 37.6 Å². The van der Waals surface area contributed by atoms with Crippen molar-refractivity contribution < 1.29 is 4.92 Å². The van der Waals surface area contributed by atoms with Crippen LogP contribution < -0.4 is 5.32 Å². The monoisotopic (exact) mass is 354 g/mol. The fourth-order valence-electron chi connectivity index (χ4n) is 1.90. The van der Waals surface area contributed by atoms with Crippen LogP contribution in [-0.4, -0.2) is 4.92 Å². The van der Waals surface area contributed by atoms with Crippen LogP contribution in [0.25, 0.3) is 0 Å². The fourth-order valence-corrected chi connectivity index (χ4v) is 3.33. The number of hydrogen-bond donors (Lipinski definition) is 1. The van der Waals surface area contributed by atoms with Crippen LogP contribution in [0.15, 0.2) is 34.8 Å². The molecule has 0 aliphatic rings. The smallest absolute Gasteiger partial charge is 0.270 e. The van der Waals surface area contributed by atoms with Crippen molar-refractivity contribution in [3.05, 3.63) is 60.2 Å². The lowest BCUT2D eigenvalue weighted by molar-refractivity contribution is -0.385. The van der Waals surface area contributed by atoms with Gasteiger partial charge in [0.1, 0.15) is 0 Å². The van der Waals surface area contributed by atoms with Gasteiger partial charge in [0, 0.05) is 38.9 Å². The Balaban J connectivity index is 2.05. The summed E-state index contributed by atoms with van der Waals surface area (Å²) < 4.78 is 0.725. The first-order valence-electron chi connectivity index (χ1n) is 6.19. The van der Waals surface area contributed by atoms with Crippen LogP contribution in [0.4, 0.5) is 5.69 Å². The van der Waals surface area contributed by atoms with Crippen LogP contribution in [0.3, 0.4) is 0 Å². The summed E-state index contributed by atoms with van der Waals surface area (Å²) in [7, 11) is 0. The van der Waals surface area contributed by atoms with Crippen LogP contribution in [0, 0.1) is 17.0 Å². The maximum atomic E-state index is 10.8. The molecule has 1 heterocycles. The molecule has 0 spiro atoms. The van der Waals surface area contributed by atoms with Crippen molar-refractivity contribution >= 4 is 33.0 Å². The minimum absolute atomic E-state index is 0.107. The molecule has 6 heteroatoms. The molecular formula is C14H15BrN2O2S. The molecule has 0 fully saturated rings. The molecule has 1 unspecified atom stereocenters. The number of hydrogen-bond acceptors (Lipinski definition) is 4. The Bertz CT molecular complexity index is 627. The third-order valence-electron chi connectivity index (χ3n) is 2.95. The van der Waals surface area contributed by atoms with Crippen LogP contribution in [0.2, 0.25) is 0 Å². The second-order valence-corrected chi connectivity index (χ2v) is 6.86. The minimum atomic E-state index is -0.375. The van der Waals surface area contributed by atoms with Gasteiger partial charge < -0.3 is 5.32 Å². The lowest BCUT2D eigenvalue weighted by Crippen LogP contribution is -2.17. The first-order chi connectivity index (χ1) is 9.45. The van der Waals surface area contributed by atoms with E-state index in [9.17, 15) is 10.1 Å². The van der Waals surface area contributed by atoms with E-state index in [1.807, 2.05) is 6.07 Å². The molecule has 0 amide bonds. The summed E-state index contributed by atoms with van der Waals surface area (Å²) in [5, 5.41) is 14.2. The molecule has 0 radical (unpaired) electrons. The predicted octanol–water partition coefficient (Wildman–Crippen LogP) is 4.58.